The smallest absolute Gasteiger partial charge is 0.375 e. The second-order valence-corrected chi connectivity index (χ2v) is 9.60. The number of carbonyl (C=O) groups is 2. The van der Waals surface area contributed by atoms with Gasteiger partial charge in [0, 0.05) is 29.3 Å². The number of fused-ring (bicyclic) bond motifs is 1. The molecule has 0 aliphatic carbocycles. The summed E-state index contributed by atoms with van der Waals surface area (Å²) in [6.07, 6.45) is -16.4. The Balaban J connectivity index is 1.96. The highest BCUT2D eigenvalue weighted by Gasteiger charge is 2.59. The van der Waals surface area contributed by atoms with Crippen LogP contribution >= 0.6 is 11.6 Å². The number of aryl methyl sites for hydroxylation is 1. The van der Waals surface area contributed by atoms with Crippen molar-refractivity contribution in [3.05, 3.63) is 81.9 Å². The zero-order chi connectivity index (χ0) is 32.2. The van der Waals surface area contributed by atoms with Crippen LogP contribution in [-0.2, 0) is 27.8 Å². The molecule has 0 saturated carbocycles. The van der Waals surface area contributed by atoms with E-state index in [1.165, 1.54) is 36.4 Å². The Kier molecular flexibility index (Phi) is 9.89. The highest BCUT2D eigenvalue weighted by atomic mass is 35.5. The maximum Gasteiger partial charge on any atom is 0.435 e. The van der Waals surface area contributed by atoms with Crippen molar-refractivity contribution in [3.8, 4) is 0 Å². The van der Waals surface area contributed by atoms with Gasteiger partial charge in [-0.2, -0.15) is 39.5 Å². The van der Waals surface area contributed by atoms with Gasteiger partial charge < -0.3 is 15.5 Å². The number of hydrogen-bond donors (Lipinski definition) is 2. The van der Waals surface area contributed by atoms with Gasteiger partial charge in [-0.15, -0.1) is 5.16 Å². The van der Waals surface area contributed by atoms with Gasteiger partial charge in [0.15, 0.2) is 0 Å². The lowest BCUT2D eigenvalue weighted by Gasteiger charge is -2.34. The van der Waals surface area contributed by atoms with E-state index in [1.807, 2.05) is 0 Å². The summed E-state index contributed by atoms with van der Waals surface area (Å²) in [6.45, 7) is 0.524. The number of benzene rings is 3. The average Bonchev–Trinajstić information content (AvgIpc) is 2.90. The summed E-state index contributed by atoms with van der Waals surface area (Å²) in [5.41, 5.74) is -5.62. The van der Waals surface area contributed by atoms with Crippen LogP contribution in [0.2, 0.25) is 5.02 Å². The molecule has 43 heavy (non-hydrogen) atoms. The van der Waals surface area contributed by atoms with Gasteiger partial charge in [0.25, 0.3) is 11.5 Å². The number of nitrogens with zero attached hydrogens (tertiary/aromatic N) is 1. The molecule has 232 valence electrons. The van der Waals surface area contributed by atoms with Gasteiger partial charge in [0.05, 0.1) is 12.1 Å². The topological polar surface area (TPSA) is 79.8 Å². The first-order valence-electron chi connectivity index (χ1n) is 12.1. The Labute approximate surface area is 242 Å². The van der Waals surface area contributed by atoms with E-state index in [-0.39, 0.29) is 28.0 Å². The standard InChI is InChI=1S/C27H21ClF9N3O3/c1-38-43-24(27(35,36)37,16-10-17(26(32,33)34)12-18(28)11-16)9-8-15-6-7-21(20-5-3-2-4-19(15)20)23(42)39-13-22(41)40-14-25(29,30)31/h2-7,10-12H,1,8-9,13-14H2,(H,39,42)(H,40,41). The van der Waals surface area contributed by atoms with Crippen LogP contribution in [0.15, 0.2) is 59.8 Å². The Bertz CT molecular complexity index is 1510. The van der Waals surface area contributed by atoms with E-state index >= 15 is 0 Å². The number of nitrogens with one attached hydrogen (secondary N) is 2. The van der Waals surface area contributed by atoms with Crippen LogP contribution < -0.4 is 10.6 Å². The Morgan fingerprint density at radius 2 is 1.49 bits per heavy atom. The SMILES string of the molecule is C=NOC(CCc1ccc(C(=O)NCC(=O)NCC(F)(F)F)c2ccccc12)(c1cc(Cl)cc(C(F)(F)F)c1)C(F)(F)F. The third-order valence-corrected chi connectivity index (χ3v) is 6.49. The number of oxime groups is 1. The predicted octanol–water partition coefficient (Wildman–Crippen LogP) is 6.94. The molecule has 0 aromatic heterocycles. The molecule has 0 bridgehead atoms. The van der Waals surface area contributed by atoms with E-state index in [9.17, 15) is 49.1 Å². The summed E-state index contributed by atoms with van der Waals surface area (Å²) in [5, 5.41) is 6.54. The van der Waals surface area contributed by atoms with Crippen molar-refractivity contribution in [1.29, 1.82) is 0 Å². The molecule has 3 aromatic rings. The lowest BCUT2D eigenvalue weighted by atomic mass is 9.84. The first kappa shape index (κ1) is 33.5. The third kappa shape index (κ3) is 8.09. The minimum absolute atomic E-state index is 0.0428. The van der Waals surface area contributed by atoms with E-state index < -0.39 is 78.0 Å². The number of alkyl halides is 9. The number of halogens is 10. The fourth-order valence-electron chi connectivity index (χ4n) is 4.30. The Morgan fingerprint density at radius 3 is 2.07 bits per heavy atom. The van der Waals surface area contributed by atoms with E-state index in [4.69, 9.17) is 11.6 Å². The van der Waals surface area contributed by atoms with Crippen molar-refractivity contribution >= 4 is 40.9 Å². The number of carbonyl (C=O) groups excluding carboxylic acids is 2. The molecule has 2 N–H and O–H groups in total. The zero-order valence-corrected chi connectivity index (χ0v) is 22.4. The van der Waals surface area contributed by atoms with E-state index in [2.05, 4.69) is 22.0 Å². The summed E-state index contributed by atoms with van der Waals surface area (Å²) in [6, 6.07) is 9.88. The molecule has 6 nitrogen and oxygen atoms in total. The highest BCUT2D eigenvalue weighted by molar-refractivity contribution is 6.30. The second-order valence-electron chi connectivity index (χ2n) is 9.16. The molecule has 0 fully saturated rings. The van der Waals surface area contributed by atoms with Gasteiger partial charge in [-0.25, -0.2) is 0 Å². The van der Waals surface area contributed by atoms with Crippen molar-refractivity contribution < 1.29 is 53.9 Å². The molecule has 0 aliphatic heterocycles. The molecule has 3 rings (SSSR count). The summed E-state index contributed by atoms with van der Waals surface area (Å²) in [7, 11) is 0. The van der Waals surface area contributed by atoms with E-state index in [0.717, 1.165) is 0 Å². The van der Waals surface area contributed by atoms with Crippen molar-refractivity contribution in [1.82, 2.24) is 10.6 Å². The molecule has 1 unspecified atom stereocenters. The monoisotopic (exact) mass is 641 g/mol. The summed E-state index contributed by atoms with van der Waals surface area (Å²) < 4.78 is 121. The molecule has 1 atom stereocenters. The van der Waals surface area contributed by atoms with Crippen molar-refractivity contribution in [3.63, 3.8) is 0 Å². The molecule has 0 spiro atoms. The van der Waals surface area contributed by atoms with Gasteiger partial charge in [0.1, 0.15) is 6.54 Å². The minimum atomic E-state index is -5.30. The largest absolute Gasteiger partial charge is 0.435 e. The Morgan fingerprint density at radius 1 is 0.860 bits per heavy atom. The number of hydrogen-bond acceptors (Lipinski definition) is 4. The quantitative estimate of drug-likeness (QED) is 0.143. The molecule has 0 saturated heterocycles. The fourth-order valence-corrected chi connectivity index (χ4v) is 4.54. The van der Waals surface area contributed by atoms with Crippen LogP contribution in [0.5, 0.6) is 0 Å². The molecular weight excluding hydrogens is 621 g/mol. The molecule has 0 radical (unpaired) electrons. The van der Waals surface area contributed by atoms with Crippen LogP contribution in [0.25, 0.3) is 10.8 Å². The predicted molar refractivity (Wildman–Crippen MR) is 138 cm³/mol. The summed E-state index contributed by atoms with van der Waals surface area (Å²) in [4.78, 5) is 29.1. The van der Waals surface area contributed by atoms with Gasteiger partial charge in [0.2, 0.25) is 5.91 Å². The van der Waals surface area contributed by atoms with E-state index in [0.29, 0.717) is 12.1 Å². The van der Waals surface area contributed by atoms with Crippen molar-refractivity contribution in [2.75, 3.05) is 13.1 Å². The first-order chi connectivity index (χ1) is 19.9. The lowest BCUT2D eigenvalue weighted by Crippen LogP contribution is -2.44. The maximum absolute atomic E-state index is 14.6. The lowest BCUT2D eigenvalue weighted by molar-refractivity contribution is -0.288. The molecule has 0 heterocycles. The first-order valence-corrected chi connectivity index (χ1v) is 12.5. The highest BCUT2D eigenvalue weighted by Crippen LogP contribution is 2.48. The number of rotatable bonds is 10. The van der Waals surface area contributed by atoms with Crippen LogP contribution in [0, 0.1) is 0 Å². The second kappa shape index (κ2) is 12.7. The molecule has 0 aliphatic rings. The third-order valence-electron chi connectivity index (χ3n) is 6.27. The van der Waals surface area contributed by atoms with Crippen molar-refractivity contribution in [2.24, 2.45) is 5.16 Å². The van der Waals surface area contributed by atoms with Gasteiger partial charge >= 0.3 is 18.5 Å². The van der Waals surface area contributed by atoms with Crippen LogP contribution in [0.4, 0.5) is 39.5 Å². The van der Waals surface area contributed by atoms with Crippen LogP contribution in [0.3, 0.4) is 0 Å². The van der Waals surface area contributed by atoms with Gasteiger partial charge in [-0.3, -0.25) is 9.59 Å². The van der Waals surface area contributed by atoms with Crippen LogP contribution in [-0.4, -0.2) is 44.0 Å². The molecule has 3 aromatic carbocycles. The Hall–Kier alpha value is -4.01. The van der Waals surface area contributed by atoms with Crippen molar-refractivity contribution in [2.45, 2.75) is 37.0 Å². The summed E-state index contributed by atoms with van der Waals surface area (Å²) >= 11 is 5.76. The number of amides is 2. The van der Waals surface area contributed by atoms with E-state index in [1.54, 1.807) is 5.32 Å². The molecule has 16 heteroatoms. The molecular formula is C27H21ClF9N3O3. The van der Waals surface area contributed by atoms with Crippen LogP contribution in [0.1, 0.15) is 33.5 Å². The van der Waals surface area contributed by atoms with Gasteiger partial charge in [-0.1, -0.05) is 41.9 Å². The van der Waals surface area contributed by atoms with Gasteiger partial charge in [-0.05, 0) is 47.0 Å². The molecule has 2 amide bonds. The zero-order valence-electron chi connectivity index (χ0n) is 21.7. The summed E-state index contributed by atoms with van der Waals surface area (Å²) in [5.74, 6) is -1.96. The average molecular weight is 642 g/mol. The normalized spacial score (nSPS) is 13.7. The minimum Gasteiger partial charge on any atom is -0.375 e. The fraction of sp³-hybridized carbons (Fsp3) is 0.296. The maximum atomic E-state index is 14.6.